The van der Waals surface area contributed by atoms with Crippen LogP contribution in [0.25, 0.3) is 0 Å². The first kappa shape index (κ1) is 13.2. The van der Waals surface area contributed by atoms with Crippen molar-refractivity contribution >= 4 is 11.8 Å². The molecule has 0 spiro atoms. The fourth-order valence-corrected chi connectivity index (χ4v) is 5.30. The summed E-state index contributed by atoms with van der Waals surface area (Å²) in [6, 6.07) is 0.652. The summed E-state index contributed by atoms with van der Waals surface area (Å²) < 4.78 is 6.00. The van der Waals surface area contributed by atoms with Gasteiger partial charge in [0.1, 0.15) is 0 Å². The molecule has 104 valence electrons. The number of hydrogen-bond acceptors (Lipinski definition) is 4. The highest BCUT2D eigenvalue weighted by Crippen LogP contribution is 2.38. The van der Waals surface area contributed by atoms with Gasteiger partial charge >= 0.3 is 0 Å². The van der Waals surface area contributed by atoms with Gasteiger partial charge in [0.15, 0.2) is 0 Å². The molecule has 2 atom stereocenters. The Kier molecular flexibility index (Phi) is 4.18. The second-order valence-corrected chi connectivity index (χ2v) is 7.22. The number of hydrogen-bond donors (Lipinski definition) is 1. The predicted octanol–water partition coefficient (Wildman–Crippen LogP) is 1.85. The summed E-state index contributed by atoms with van der Waals surface area (Å²) in [5.74, 6) is 2.57. The zero-order valence-electron chi connectivity index (χ0n) is 11.3. The number of thioether (sulfide) groups is 1. The lowest BCUT2D eigenvalue weighted by Crippen LogP contribution is -2.65. The van der Waals surface area contributed by atoms with Crippen LogP contribution >= 0.6 is 11.8 Å². The topological polar surface area (TPSA) is 38.5 Å². The summed E-state index contributed by atoms with van der Waals surface area (Å²) in [7, 11) is 0. The largest absolute Gasteiger partial charge is 0.375 e. The van der Waals surface area contributed by atoms with Gasteiger partial charge in [-0.05, 0) is 37.2 Å². The Morgan fingerprint density at radius 3 is 2.78 bits per heavy atom. The molecular weight excluding hydrogens is 244 g/mol. The first-order valence-electron chi connectivity index (χ1n) is 7.52. The molecule has 2 saturated heterocycles. The molecule has 0 aromatic rings. The molecule has 3 rings (SSSR count). The van der Waals surface area contributed by atoms with Gasteiger partial charge in [-0.3, -0.25) is 4.90 Å². The zero-order valence-corrected chi connectivity index (χ0v) is 12.1. The molecule has 1 saturated carbocycles. The molecule has 18 heavy (non-hydrogen) atoms. The molecule has 2 unspecified atom stereocenters. The highest BCUT2D eigenvalue weighted by molar-refractivity contribution is 7.99. The van der Waals surface area contributed by atoms with Gasteiger partial charge in [0.2, 0.25) is 0 Å². The molecule has 2 aliphatic heterocycles. The molecular formula is C14H26N2OS. The van der Waals surface area contributed by atoms with Gasteiger partial charge in [0.25, 0.3) is 0 Å². The van der Waals surface area contributed by atoms with Gasteiger partial charge in [0, 0.05) is 24.7 Å². The van der Waals surface area contributed by atoms with E-state index in [1.165, 1.54) is 50.0 Å². The standard InChI is InChI=1S/C14H26N2OS/c15-11-14(5-9-18-10-6-14)16-7-8-17-13-4-2-1-3-12(13)16/h12-13H,1-11,15H2. The molecule has 3 nitrogen and oxygen atoms in total. The van der Waals surface area contributed by atoms with Gasteiger partial charge in [-0.15, -0.1) is 0 Å². The SMILES string of the molecule is NCC1(N2CCOC3CCCCC32)CCSCC1. The summed E-state index contributed by atoms with van der Waals surface area (Å²) in [5, 5.41) is 0. The fraction of sp³-hybridized carbons (Fsp3) is 1.00. The van der Waals surface area contributed by atoms with Gasteiger partial charge in [-0.2, -0.15) is 11.8 Å². The molecule has 0 radical (unpaired) electrons. The van der Waals surface area contributed by atoms with E-state index in [0.29, 0.717) is 12.1 Å². The molecule has 1 aliphatic carbocycles. The number of rotatable bonds is 2. The second kappa shape index (κ2) is 5.70. The monoisotopic (exact) mass is 270 g/mol. The van der Waals surface area contributed by atoms with E-state index < -0.39 is 0 Å². The highest BCUT2D eigenvalue weighted by Gasteiger charge is 2.45. The maximum atomic E-state index is 6.20. The second-order valence-electron chi connectivity index (χ2n) is 6.00. The number of morpholine rings is 1. The summed E-state index contributed by atoms with van der Waals surface area (Å²) in [6.07, 6.45) is 8.34. The Morgan fingerprint density at radius 2 is 2.00 bits per heavy atom. The van der Waals surface area contributed by atoms with E-state index in [1.807, 2.05) is 0 Å². The third kappa shape index (κ3) is 2.33. The molecule has 2 N–H and O–H groups in total. The van der Waals surface area contributed by atoms with Gasteiger partial charge < -0.3 is 10.5 Å². The fourth-order valence-electron chi connectivity index (χ4n) is 4.05. The van der Waals surface area contributed by atoms with Crippen LogP contribution in [0.4, 0.5) is 0 Å². The molecule has 0 aromatic heterocycles. The average Bonchev–Trinajstić information content (AvgIpc) is 2.47. The number of nitrogens with zero attached hydrogens (tertiary/aromatic N) is 1. The highest BCUT2D eigenvalue weighted by atomic mass is 32.2. The van der Waals surface area contributed by atoms with Crippen LogP contribution in [-0.2, 0) is 4.74 Å². The van der Waals surface area contributed by atoms with Gasteiger partial charge in [-0.1, -0.05) is 12.8 Å². The molecule has 0 bridgehead atoms. The first-order valence-corrected chi connectivity index (χ1v) is 8.67. The lowest BCUT2D eigenvalue weighted by Gasteiger charge is -2.54. The van der Waals surface area contributed by atoms with Gasteiger partial charge in [0.05, 0.1) is 12.7 Å². The van der Waals surface area contributed by atoms with E-state index in [4.69, 9.17) is 10.5 Å². The van der Waals surface area contributed by atoms with Crippen molar-refractivity contribution in [3.8, 4) is 0 Å². The normalized spacial score (nSPS) is 37.2. The molecule has 3 aliphatic rings. The first-order chi connectivity index (χ1) is 8.86. The Labute approximate surface area is 115 Å². The van der Waals surface area contributed by atoms with E-state index in [1.54, 1.807) is 0 Å². The summed E-state index contributed by atoms with van der Waals surface area (Å²) in [6.45, 7) is 2.84. The summed E-state index contributed by atoms with van der Waals surface area (Å²) in [5.41, 5.74) is 6.49. The van der Waals surface area contributed by atoms with Gasteiger partial charge in [-0.25, -0.2) is 0 Å². The van der Waals surface area contributed by atoms with E-state index in [2.05, 4.69) is 16.7 Å². The summed E-state index contributed by atoms with van der Waals surface area (Å²) >= 11 is 2.09. The Bertz CT molecular complexity index is 279. The third-order valence-electron chi connectivity index (χ3n) is 5.14. The number of fused-ring (bicyclic) bond motifs is 1. The Balaban J connectivity index is 1.79. The lowest BCUT2D eigenvalue weighted by molar-refractivity contribution is -0.126. The van der Waals surface area contributed by atoms with Crippen LogP contribution in [0.2, 0.25) is 0 Å². The van der Waals surface area contributed by atoms with Crippen LogP contribution in [0.1, 0.15) is 38.5 Å². The minimum Gasteiger partial charge on any atom is -0.375 e. The van der Waals surface area contributed by atoms with E-state index in [-0.39, 0.29) is 5.54 Å². The van der Waals surface area contributed by atoms with Crippen molar-refractivity contribution in [1.29, 1.82) is 0 Å². The van der Waals surface area contributed by atoms with Crippen LogP contribution in [0.3, 0.4) is 0 Å². The third-order valence-corrected chi connectivity index (χ3v) is 6.13. The van der Waals surface area contributed by atoms with E-state index >= 15 is 0 Å². The maximum Gasteiger partial charge on any atom is 0.0731 e. The molecule has 0 aromatic carbocycles. The van der Waals surface area contributed by atoms with Crippen LogP contribution < -0.4 is 5.73 Å². The van der Waals surface area contributed by atoms with E-state index in [9.17, 15) is 0 Å². The van der Waals surface area contributed by atoms with Crippen molar-refractivity contribution in [2.75, 3.05) is 31.2 Å². The van der Waals surface area contributed by atoms with Crippen LogP contribution in [0.15, 0.2) is 0 Å². The van der Waals surface area contributed by atoms with Crippen molar-refractivity contribution in [1.82, 2.24) is 4.90 Å². The van der Waals surface area contributed by atoms with Crippen molar-refractivity contribution in [2.45, 2.75) is 56.2 Å². The summed E-state index contributed by atoms with van der Waals surface area (Å²) in [4.78, 5) is 2.76. The smallest absolute Gasteiger partial charge is 0.0731 e. The minimum absolute atomic E-state index is 0.287. The molecule has 0 amide bonds. The lowest BCUT2D eigenvalue weighted by atomic mass is 9.82. The molecule has 2 heterocycles. The average molecular weight is 270 g/mol. The van der Waals surface area contributed by atoms with Crippen molar-refractivity contribution in [3.05, 3.63) is 0 Å². The zero-order chi connectivity index (χ0) is 12.4. The number of ether oxygens (including phenoxy) is 1. The van der Waals surface area contributed by atoms with Crippen molar-refractivity contribution < 1.29 is 4.74 Å². The Morgan fingerprint density at radius 1 is 1.22 bits per heavy atom. The van der Waals surface area contributed by atoms with E-state index in [0.717, 1.165) is 19.7 Å². The van der Waals surface area contributed by atoms with Crippen LogP contribution in [0.5, 0.6) is 0 Å². The quantitative estimate of drug-likeness (QED) is 0.831. The number of nitrogens with two attached hydrogens (primary N) is 1. The molecule has 3 fully saturated rings. The minimum atomic E-state index is 0.287. The van der Waals surface area contributed by atoms with Crippen molar-refractivity contribution in [3.63, 3.8) is 0 Å². The molecule has 4 heteroatoms. The predicted molar refractivity (Wildman–Crippen MR) is 77.0 cm³/mol. The Hall–Kier alpha value is 0.230. The van der Waals surface area contributed by atoms with Crippen LogP contribution in [-0.4, -0.2) is 53.8 Å². The van der Waals surface area contributed by atoms with Crippen molar-refractivity contribution in [2.24, 2.45) is 5.73 Å². The maximum absolute atomic E-state index is 6.20. The van der Waals surface area contributed by atoms with Crippen LogP contribution in [0, 0.1) is 0 Å².